The molecule has 0 aromatic heterocycles. The summed E-state index contributed by atoms with van der Waals surface area (Å²) in [6, 6.07) is 0. The van der Waals surface area contributed by atoms with Crippen molar-refractivity contribution in [3.8, 4) is 0 Å². The van der Waals surface area contributed by atoms with Gasteiger partial charge in [0, 0.05) is 19.6 Å². The van der Waals surface area contributed by atoms with Gasteiger partial charge in [0.15, 0.2) is 0 Å². The molecule has 1 atom stereocenters. The molecule has 0 spiro atoms. The van der Waals surface area contributed by atoms with Gasteiger partial charge in [0.1, 0.15) is 6.54 Å². The Morgan fingerprint density at radius 1 is 1.38 bits per heavy atom. The van der Waals surface area contributed by atoms with Crippen LogP contribution in [0.2, 0.25) is 0 Å². The molecule has 2 N–H and O–H groups in total. The number of hydrogen-bond donors (Lipinski definition) is 2. The molecule has 1 fully saturated rings. The van der Waals surface area contributed by atoms with E-state index in [-0.39, 0.29) is 30.2 Å². The third-order valence-electron chi connectivity index (χ3n) is 3.09. The van der Waals surface area contributed by atoms with E-state index >= 15 is 0 Å². The molecule has 1 unspecified atom stereocenters. The molecule has 0 amide bonds. The molecule has 1 aliphatic rings. The van der Waals surface area contributed by atoms with E-state index in [1.165, 1.54) is 0 Å². The predicted octanol–water partition coefficient (Wildman–Crippen LogP) is -0.116. The number of alkyl halides is 3. The molecule has 0 saturated carbocycles. The highest BCUT2D eigenvalue weighted by molar-refractivity contribution is 7.86. The highest BCUT2D eigenvalue weighted by atomic mass is 32.2. The lowest BCUT2D eigenvalue weighted by Crippen LogP contribution is -2.52. The number of carboxylic acid groups (broad SMARTS) is 1. The van der Waals surface area contributed by atoms with Gasteiger partial charge >= 0.3 is 12.1 Å². The van der Waals surface area contributed by atoms with Crippen LogP contribution >= 0.6 is 0 Å². The molecule has 1 heterocycles. The molecule has 1 aliphatic heterocycles. The zero-order chi connectivity index (χ0) is 16.3. The second-order valence-corrected chi connectivity index (χ2v) is 6.64. The largest absolute Gasteiger partial charge is 0.481 e. The lowest BCUT2D eigenvalue weighted by molar-refractivity contribution is -0.143. The zero-order valence-corrected chi connectivity index (χ0v) is 11.9. The van der Waals surface area contributed by atoms with Crippen LogP contribution in [0.1, 0.15) is 12.8 Å². The Balaban J connectivity index is 2.91. The van der Waals surface area contributed by atoms with E-state index in [9.17, 15) is 26.4 Å². The predicted molar refractivity (Wildman–Crippen MR) is 65.6 cm³/mol. The highest BCUT2D eigenvalue weighted by Gasteiger charge is 2.41. The average molecular weight is 334 g/mol. The molecule has 21 heavy (non-hydrogen) atoms. The van der Waals surface area contributed by atoms with Crippen molar-refractivity contribution < 1.29 is 36.6 Å². The number of nitrogens with zero attached hydrogens (tertiary/aromatic N) is 2. The van der Waals surface area contributed by atoms with E-state index in [0.717, 1.165) is 4.31 Å². The number of aliphatic hydroxyl groups excluding tert-OH is 1. The van der Waals surface area contributed by atoms with Crippen molar-refractivity contribution in [3.05, 3.63) is 0 Å². The summed E-state index contributed by atoms with van der Waals surface area (Å²) < 4.78 is 62.5. The Morgan fingerprint density at radius 2 is 2.00 bits per heavy atom. The minimum Gasteiger partial charge on any atom is -0.481 e. The quantitative estimate of drug-likeness (QED) is 0.706. The molecule has 1 rings (SSSR count). The lowest BCUT2D eigenvalue weighted by Gasteiger charge is -2.34. The molecule has 0 radical (unpaired) electrons. The van der Waals surface area contributed by atoms with Crippen LogP contribution in [0.25, 0.3) is 0 Å². The standard InChI is InChI=1S/C10H17F3N2O5S/c11-10(12,13)7-15(4-5-16)21(19,20)14-3-1-2-8(6-14)9(17)18/h8,16H,1-7H2,(H,17,18). The van der Waals surface area contributed by atoms with Crippen molar-refractivity contribution in [2.75, 3.05) is 32.8 Å². The maximum absolute atomic E-state index is 12.4. The van der Waals surface area contributed by atoms with Crippen LogP contribution in [-0.2, 0) is 15.0 Å². The number of aliphatic hydroxyl groups is 1. The van der Waals surface area contributed by atoms with Gasteiger partial charge in [-0.2, -0.15) is 30.2 Å². The summed E-state index contributed by atoms with van der Waals surface area (Å²) in [5.41, 5.74) is 0. The number of halogens is 3. The number of carboxylic acids is 1. The Kier molecular flexibility index (Phi) is 5.96. The average Bonchev–Trinajstić information content (AvgIpc) is 2.37. The molecule has 1 saturated heterocycles. The van der Waals surface area contributed by atoms with E-state index in [1.54, 1.807) is 0 Å². The lowest BCUT2D eigenvalue weighted by atomic mass is 10.0. The summed E-state index contributed by atoms with van der Waals surface area (Å²) in [6.07, 6.45) is -4.21. The fourth-order valence-electron chi connectivity index (χ4n) is 2.10. The summed E-state index contributed by atoms with van der Waals surface area (Å²) in [7, 11) is -4.46. The van der Waals surface area contributed by atoms with Crippen molar-refractivity contribution in [1.29, 1.82) is 0 Å². The van der Waals surface area contributed by atoms with Crippen LogP contribution in [0.15, 0.2) is 0 Å². The first-order chi connectivity index (χ1) is 9.58. The highest BCUT2D eigenvalue weighted by Crippen LogP contribution is 2.24. The van der Waals surface area contributed by atoms with Gasteiger partial charge in [0.2, 0.25) is 0 Å². The first-order valence-electron chi connectivity index (χ1n) is 6.23. The fourth-order valence-corrected chi connectivity index (χ4v) is 3.78. The summed E-state index contributed by atoms with van der Waals surface area (Å²) in [4.78, 5) is 10.9. The van der Waals surface area contributed by atoms with Crippen molar-refractivity contribution in [1.82, 2.24) is 8.61 Å². The van der Waals surface area contributed by atoms with Gasteiger partial charge in [-0.1, -0.05) is 0 Å². The smallest absolute Gasteiger partial charge is 0.402 e. The number of rotatable bonds is 6. The Labute approximate surface area is 120 Å². The van der Waals surface area contributed by atoms with Gasteiger partial charge in [-0.25, -0.2) is 0 Å². The molecule has 0 bridgehead atoms. The number of aliphatic carboxylic acids is 1. The zero-order valence-electron chi connectivity index (χ0n) is 11.1. The minimum atomic E-state index is -4.75. The van der Waals surface area contributed by atoms with Crippen LogP contribution in [0.4, 0.5) is 13.2 Å². The number of carbonyl (C=O) groups is 1. The van der Waals surface area contributed by atoms with Gasteiger partial charge in [-0.3, -0.25) is 4.79 Å². The van der Waals surface area contributed by atoms with Gasteiger partial charge < -0.3 is 10.2 Å². The van der Waals surface area contributed by atoms with Crippen LogP contribution < -0.4 is 0 Å². The maximum Gasteiger partial charge on any atom is 0.402 e. The van der Waals surface area contributed by atoms with Crippen LogP contribution in [0, 0.1) is 5.92 Å². The van der Waals surface area contributed by atoms with Crippen LogP contribution in [0.5, 0.6) is 0 Å². The summed E-state index contributed by atoms with van der Waals surface area (Å²) in [6.45, 7) is -3.57. The Morgan fingerprint density at radius 3 is 2.48 bits per heavy atom. The van der Waals surface area contributed by atoms with Crippen molar-refractivity contribution in [2.45, 2.75) is 19.0 Å². The topological polar surface area (TPSA) is 98.2 Å². The fraction of sp³-hybridized carbons (Fsp3) is 0.900. The summed E-state index contributed by atoms with van der Waals surface area (Å²) in [5.74, 6) is -2.12. The third-order valence-corrected chi connectivity index (χ3v) is 5.04. The van der Waals surface area contributed by atoms with Gasteiger partial charge in [-0.15, -0.1) is 0 Å². The maximum atomic E-state index is 12.4. The van der Waals surface area contributed by atoms with Crippen LogP contribution in [-0.4, -0.2) is 72.2 Å². The van der Waals surface area contributed by atoms with Crippen molar-refractivity contribution in [3.63, 3.8) is 0 Å². The Hall–Kier alpha value is -0.910. The molecular weight excluding hydrogens is 317 g/mol. The normalized spacial score (nSPS) is 21.7. The molecule has 0 aliphatic carbocycles. The van der Waals surface area contributed by atoms with E-state index in [4.69, 9.17) is 10.2 Å². The van der Waals surface area contributed by atoms with Gasteiger partial charge in [0.25, 0.3) is 10.2 Å². The number of piperidine rings is 1. The van der Waals surface area contributed by atoms with E-state index in [2.05, 4.69) is 0 Å². The van der Waals surface area contributed by atoms with Crippen molar-refractivity contribution >= 4 is 16.2 Å². The monoisotopic (exact) mass is 334 g/mol. The minimum absolute atomic E-state index is 0.0358. The second-order valence-electron chi connectivity index (χ2n) is 4.72. The van der Waals surface area contributed by atoms with Crippen LogP contribution in [0.3, 0.4) is 0 Å². The molecule has 0 aromatic carbocycles. The van der Waals surface area contributed by atoms with Gasteiger partial charge in [0.05, 0.1) is 12.5 Å². The molecular formula is C10H17F3N2O5S. The number of hydrogen-bond acceptors (Lipinski definition) is 4. The second kappa shape index (κ2) is 6.90. The van der Waals surface area contributed by atoms with Gasteiger partial charge in [-0.05, 0) is 12.8 Å². The first kappa shape index (κ1) is 18.1. The Bertz CT molecular complexity index is 468. The van der Waals surface area contributed by atoms with E-state index in [1.807, 2.05) is 0 Å². The molecule has 7 nitrogen and oxygen atoms in total. The molecule has 11 heteroatoms. The third kappa shape index (κ3) is 5.09. The first-order valence-corrected chi connectivity index (χ1v) is 7.63. The van der Waals surface area contributed by atoms with E-state index in [0.29, 0.717) is 0 Å². The van der Waals surface area contributed by atoms with Crippen molar-refractivity contribution in [2.24, 2.45) is 5.92 Å². The SMILES string of the molecule is O=C(O)C1CCCN(S(=O)(=O)N(CCO)CC(F)(F)F)C1. The molecule has 0 aromatic rings. The summed E-state index contributed by atoms with van der Waals surface area (Å²) >= 11 is 0. The van der Waals surface area contributed by atoms with E-state index < -0.39 is 48.0 Å². The summed E-state index contributed by atoms with van der Waals surface area (Å²) in [5, 5.41) is 17.6. The molecule has 124 valence electrons.